The molecule has 2 aromatic rings. The minimum absolute atomic E-state index is 0.284. The van der Waals surface area contributed by atoms with Crippen LogP contribution in [0.15, 0.2) is 36.4 Å². The number of hydrogen-bond donors (Lipinski definition) is 1. The average Bonchev–Trinajstić information content (AvgIpc) is 2.55. The van der Waals surface area contributed by atoms with Gasteiger partial charge in [0, 0.05) is 5.69 Å². The fraction of sp³-hybridized carbons (Fsp3) is 0.333. The highest BCUT2D eigenvalue weighted by Crippen LogP contribution is 2.21. The Kier molecular flexibility index (Phi) is 6.39. The molecule has 0 aliphatic heterocycles. The smallest absolute Gasteiger partial charge is 0.338 e. The van der Waals surface area contributed by atoms with Crippen LogP contribution in [0.4, 0.5) is 5.69 Å². The molecule has 0 aliphatic carbocycles. The first kappa shape index (κ1) is 19.5. The molecule has 0 saturated carbocycles. The van der Waals surface area contributed by atoms with Crippen molar-refractivity contribution < 1.29 is 19.1 Å². The molecule has 0 radical (unpaired) electrons. The summed E-state index contributed by atoms with van der Waals surface area (Å²) in [5, 5.41) is 2.83. The minimum Gasteiger partial charge on any atom is -0.481 e. The van der Waals surface area contributed by atoms with Crippen LogP contribution < -0.4 is 10.1 Å². The van der Waals surface area contributed by atoms with Crippen LogP contribution in [0.3, 0.4) is 0 Å². The topological polar surface area (TPSA) is 64.6 Å². The van der Waals surface area contributed by atoms with Gasteiger partial charge in [-0.2, -0.15) is 0 Å². The first-order chi connectivity index (χ1) is 12.3. The summed E-state index contributed by atoms with van der Waals surface area (Å²) in [5.74, 6) is -0.0314. The van der Waals surface area contributed by atoms with E-state index in [-0.39, 0.29) is 5.91 Å². The fourth-order valence-electron chi connectivity index (χ4n) is 2.69. The number of amides is 1. The van der Waals surface area contributed by atoms with E-state index in [1.54, 1.807) is 39.0 Å². The average molecular weight is 355 g/mol. The SMILES string of the molecule is CCOC(=O)c1cccc(NC(=O)C(C)Oc2cc(C)cc(C)c2)c1C. The summed E-state index contributed by atoms with van der Waals surface area (Å²) in [6.45, 7) is 9.49. The van der Waals surface area contributed by atoms with E-state index in [1.165, 1.54) is 0 Å². The largest absolute Gasteiger partial charge is 0.481 e. The summed E-state index contributed by atoms with van der Waals surface area (Å²) in [4.78, 5) is 24.5. The summed E-state index contributed by atoms with van der Waals surface area (Å²) >= 11 is 0. The molecule has 5 nitrogen and oxygen atoms in total. The number of rotatable bonds is 6. The molecule has 0 aromatic heterocycles. The summed E-state index contributed by atoms with van der Waals surface area (Å²) in [5.41, 5.74) is 3.82. The summed E-state index contributed by atoms with van der Waals surface area (Å²) < 4.78 is 10.8. The lowest BCUT2D eigenvalue weighted by atomic mass is 10.1. The quantitative estimate of drug-likeness (QED) is 0.789. The van der Waals surface area contributed by atoms with Crippen LogP contribution in [0.2, 0.25) is 0 Å². The van der Waals surface area contributed by atoms with Crippen molar-refractivity contribution in [1.82, 2.24) is 0 Å². The normalized spacial score (nSPS) is 11.6. The van der Waals surface area contributed by atoms with E-state index in [0.717, 1.165) is 11.1 Å². The number of hydrogen-bond acceptors (Lipinski definition) is 4. The highest BCUT2D eigenvalue weighted by Gasteiger charge is 2.18. The van der Waals surface area contributed by atoms with Crippen molar-refractivity contribution >= 4 is 17.6 Å². The second-order valence-electron chi connectivity index (χ2n) is 6.27. The Bertz CT molecular complexity index is 793. The van der Waals surface area contributed by atoms with Gasteiger partial charge < -0.3 is 14.8 Å². The maximum atomic E-state index is 12.5. The Morgan fingerprint density at radius 3 is 2.35 bits per heavy atom. The standard InChI is InChI=1S/C21H25NO4/c1-6-25-21(24)18-8-7-9-19(15(18)4)22-20(23)16(5)26-17-11-13(2)10-14(3)12-17/h7-12,16H,6H2,1-5H3,(H,22,23). The predicted molar refractivity (Wildman–Crippen MR) is 102 cm³/mol. The first-order valence-electron chi connectivity index (χ1n) is 8.64. The molecule has 0 spiro atoms. The molecule has 0 fully saturated rings. The van der Waals surface area contributed by atoms with E-state index < -0.39 is 12.1 Å². The van der Waals surface area contributed by atoms with Crippen LogP contribution in [-0.2, 0) is 9.53 Å². The van der Waals surface area contributed by atoms with Gasteiger partial charge in [0.15, 0.2) is 6.10 Å². The maximum Gasteiger partial charge on any atom is 0.338 e. The second-order valence-corrected chi connectivity index (χ2v) is 6.27. The Morgan fingerprint density at radius 2 is 1.73 bits per heavy atom. The zero-order valence-corrected chi connectivity index (χ0v) is 15.9. The lowest BCUT2D eigenvalue weighted by Gasteiger charge is -2.17. The zero-order chi connectivity index (χ0) is 19.3. The Morgan fingerprint density at radius 1 is 1.08 bits per heavy atom. The number of nitrogens with one attached hydrogen (secondary N) is 1. The molecule has 0 heterocycles. The Labute approximate surface area is 154 Å². The molecule has 2 rings (SSSR count). The molecule has 5 heteroatoms. The van der Waals surface area contributed by atoms with Gasteiger partial charge in [0.05, 0.1) is 12.2 Å². The van der Waals surface area contributed by atoms with E-state index >= 15 is 0 Å². The molecular formula is C21H25NO4. The van der Waals surface area contributed by atoms with Crippen LogP contribution in [0.1, 0.15) is 40.9 Å². The Balaban J connectivity index is 2.11. The van der Waals surface area contributed by atoms with Crippen LogP contribution >= 0.6 is 0 Å². The molecule has 138 valence electrons. The van der Waals surface area contributed by atoms with Gasteiger partial charge in [-0.3, -0.25) is 4.79 Å². The van der Waals surface area contributed by atoms with Crippen molar-refractivity contribution in [1.29, 1.82) is 0 Å². The van der Waals surface area contributed by atoms with E-state index in [1.807, 2.05) is 32.0 Å². The molecule has 2 aromatic carbocycles. The highest BCUT2D eigenvalue weighted by atomic mass is 16.5. The van der Waals surface area contributed by atoms with E-state index in [9.17, 15) is 9.59 Å². The number of ether oxygens (including phenoxy) is 2. The molecular weight excluding hydrogens is 330 g/mol. The predicted octanol–water partition coefficient (Wildman–Crippen LogP) is 4.19. The third-order valence-electron chi connectivity index (χ3n) is 3.96. The summed E-state index contributed by atoms with van der Waals surface area (Å²) in [6, 6.07) is 11.0. The van der Waals surface area contributed by atoms with Crippen molar-refractivity contribution in [2.75, 3.05) is 11.9 Å². The van der Waals surface area contributed by atoms with Crippen molar-refractivity contribution in [3.63, 3.8) is 0 Å². The molecule has 1 atom stereocenters. The van der Waals surface area contributed by atoms with Crippen molar-refractivity contribution in [3.8, 4) is 5.75 Å². The second kappa shape index (κ2) is 8.52. The number of esters is 1. The lowest BCUT2D eigenvalue weighted by Crippen LogP contribution is -2.30. The summed E-state index contributed by atoms with van der Waals surface area (Å²) in [6.07, 6.45) is -0.679. The molecule has 0 bridgehead atoms. The maximum absolute atomic E-state index is 12.5. The van der Waals surface area contributed by atoms with Gasteiger partial charge in [0.25, 0.3) is 5.91 Å². The van der Waals surface area contributed by atoms with Gasteiger partial charge in [0.2, 0.25) is 0 Å². The minimum atomic E-state index is -0.679. The molecule has 1 amide bonds. The van der Waals surface area contributed by atoms with Crippen LogP contribution in [0.5, 0.6) is 5.75 Å². The first-order valence-corrected chi connectivity index (χ1v) is 8.64. The van der Waals surface area contributed by atoms with Gasteiger partial charge >= 0.3 is 5.97 Å². The van der Waals surface area contributed by atoms with E-state index in [0.29, 0.717) is 29.2 Å². The van der Waals surface area contributed by atoms with Crippen molar-refractivity contribution in [2.24, 2.45) is 0 Å². The third kappa shape index (κ3) is 4.85. The van der Waals surface area contributed by atoms with Crippen LogP contribution in [0, 0.1) is 20.8 Å². The molecule has 1 unspecified atom stereocenters. The van der Waals surface area contributed by atoms with E-state index in [4.69, 9.17) is 9.47 Å². The van der Waals surface area contributed by atoms with Gasteiger partial charge in [-0.1, -0.05) is 12.1 Å². The number of anilines is 1. The van der Waals surface area contributed by atoms with Gasteiger partial charge in [-0.15, -0.1) is 0 Å². The Hall–Kier alpha value is -2.82. The molecule has 0 aliphatic rings. The van der Waals surface area contributed by atoms with Crippen LogP contribution in [0.25, 0.3) is 0 Å². The van der Waals surface area contributed by atoms with Crippen molar-refractivity contribution in [2.45, 2.75) is 40.7 Å². The van der Waals surface area contributed by atoms with Crippen molar-refractivity contribution in [3.05, 3.63) is 58.7 Å². The van der Waals surface area contributed by atoms with Crippen LogP contribution in [-0.4, -0.2) is 24.6 Å². The zero-order valence-electron chi connectivity index (χ0n) is 15.9. The van der Waals surface area contributed by atoms with Gasteiger partial charge in [-0.05, 0) is 75.6 Å². The van der Waals surface area contributed by atoms with E-state index in [2.05, 4.69) is 5.32 Å². The fourth-order valence-corrected chi connectivity index (χ4v) is 2.69. The van der Waals surface area contributed by atoms with Gasteiger partial charge in [-0.25, -0.2) is 4.79 Å². The summed E-state index contributed by atoms with van der Waals surface area (Å²) in [7, 11) is 0. The lowest BCUT2D eigenvalue weighted by molar-refractivity contribution is -0.122. The monoisotopic (exact) mass is 355 g/mol. The molecule has 1 N–H and O–H groups in total. The number of aryl methyl sites for hydroxylation is 2. The number of carbonyl (C=O) groups is 2. The molecule has 26 heavy (non-hydrogen) atoms. The number of carbonyl (C=O) groups excluding carboxylic acids is 2. The van der Waals surface area contributed by atoms with Gasteiger partial charge in [0.1, 0.15) is 5.75 Å². The third-order valence-corrected chi connectivity index (χ3v) is 3.96. The highest BCUT2D eigenvalue weighted by molar-refractivity contribution is 5.98. The number of benzene rings is 2. The molecule has 0 saturated heterocycles.